The minimum atomic E-state index is 0. The molecular weight excluding hydrogens is 308 g/mol. The van der Waals surface area contributed by atoms with E-state index in [4.69, 9.17) is 4.74 Å². The van der Waals surface area contributed by atoms with E-state index >= 15 is 0 Å². The first-order valence-electron chi connectivity index (χ1n) is 7.75. The molecule has 120 valence electrons. The molecule has 1 aliphatic heterocycles. The molecule has 1 unspecified atom stereocenters. The second-order valence-electron chi connectivity index (χ2n) is 5.92. The lowest BCUT2D eigenvalue weighted by molar-refractivity contribution is 0.415. The van der Waals surface area contributed by atoms with Crippen molar-refractivity contribution in [3.8, 4) is 5.75 Å². The number of aryl methyl sites for hydroxylation is 1. The highest BCUT2D eigenvalue weighted by Crippen LogP contribution is 2.35. The maximum atomic E-state index is 5.38. The number of aromatic nitrogens is 1. The van der Waals surface area contributed by atoms with Gasteiger partial charge in [-0.15, -0.1) is 12.4 Å². The van der Waals surface area contributed by atoms with E-state index in [1.54, 1.807) is 7.11 Å². The maximum Gasteiger partial charge on any atom is 0.119 e. The number of methoxy groups -OCH3 is 1. The highest BCUT2D eigenvalue weighted by Gasteiger charge is 2.26. The molecule has 3 nitrogen and oxygen atoms in total. The minimum Gasteiger partial charge on any atom is -0.497 e. The molecule has 1 atom stereocenters. The Morgan fingerprint density at radius 2 is 1.96 bits per heavy atom. The summed E-state index contributed by atoms with van der Waals surface area (Å²) in [4.78, 5) is 3.63. The molecule has 4 rings (SSSR count). The van der Waals surface area contributed by atoms with E-state index in [1.165, 1.54) is 33.3 Å². The Balaban J connectivity index is 0.00000156. The Labute approximate surface area is 142 Å². The van der Waals surface area contributed by atoms with Crippen LogP contribution in [0.5, 0.6) is 5.75 Å². The summed E-state index contributed by atoms with van der Waals surface area (Å²) in [6.07, 6.45) is 1.05. The zero-order chi connectivity index (χ0) is 15.1. The lowest BCUT2D eigenvalue weighted by atomic mass is 9.92. The van der Waals surface area contributed by atoms with Crippen molar-refractivity contribution in [3.05, 3.63) is 64.8 Å². The lowest BCUT2D eigenvalue weighted by Crippen LogP contribution is -2.30. The highest BCUT2D eigenvalue weighted by atomic mass is 35.5. The van der Waals surface area contributed by atoms with Crippen LogP contribution in [0.25, 0.3) is 10.9 Å². The fourth-order valence-corrected chi connectivity index (χ4v) is 3.51. The van der Waals surface area contributed by atoms with Gasteiger partial charge in [0.25, 0.3) is 0 Å². The first-order chi connectivity index (χ1) is 10.8. The van der Waals surface area contributed by atoms with Gasteiger partial charge in [0.15, 0.2) is 0 Å². The van der Waals surface area contributed by atoms with Crippen molar-refractivity contribution in [2.45, 2.75) is 19.4 Å². The van der Waals surface area contributed by atoms with E-state index in [2.05, 4.69) is 53.6 Å². The van der Waals surface area contributed by atoms with Gasteiger partial charge in [0.1, 0.15) is 5.75 Å². The molecule has 4 heteroatoms. The van der Waals surface area contributed by atoms with Crippen LogP contribution in [0.1, 0.15) is 28.4 Å². The fraction of sp³-hybridized carbons (Fsp3) is 0.263. The minimum absolute atomic E-state index is 0. The molecule has 1 aliphatic rings. The van der Waals surface area contributed by atoms with Gasteiger partial charge in [-0.1, -0.05) is 24.3 Å². The molecule has 0 saturated heterocycles. The molecular formula is C19H21ClN2O. The quantitative estimate of drug-likeness (QED) is 0.741. The number of aromatic amines is 1. The second-order valence-corrected chi connectivity index (χ2v) is 5.92. The SMILES string of the molecule is COc1ccc2[nH]c3c(c2c1)CCNC3c1ccccc1C.Cl. The molecule has 2 aromatic carbocycles. The highest BCUT2D eigenvalue weighted by molar-refractivity contribution is 5.86. The van der Waals surface area contributed by atoms with Crippen molar-refractivity contribution in [1.29, 1.82) is 0 Å². The summed E-state index contributed by atoms with van der Waals surface area (Å²) >= 11 is 0. The summed E-state index contributed by atoms with van der Waals surface area (Å²) < 4.78 is 5.38. The maximum absolute atomic E-state index is 5.38. The van der Waals surface area contributed by atoms with E-state index < -0.39 is 0 Å². The summed E-state index contributed by atoms with van der Waals surface area (Å²) in [6.45, 7) is 3.17. The van der Waals surface area contributed by atoms with Crippen LogP contribution < -0.4 is 10.1 Å². The molecule has 0 saturated carbocycles. The number of rotatable bonds is 2. The van der Waals surface area contributed by atoms with Crippen molar-refractivity contribution in [2.75, 3.05) is 13.7 Å². The predicted octanol–water partition coefficient (Wildman–Crippen LogP) is 4.14. The van der Waals surface area contributed by atoms with Crippen LogP contribution in [-0.4, -0.2) is 18.6 Å². The average molecular weight is 329 g/mol. The van der Waals surface area contributed by atoms with E-state index in [9.17, 15) is 0 Å². The van der Waals surface area contributed by atoms with Crippen LogP contribution in [0, 0.1) is 6.92 Å². The van der Waals surface area contributed by atoms with Crippen molar-refractivity contribution >= 4 is 23.3 Å². The number of nitrogens with one attached hydrogen (secondary N) is 2. The third kappa shape index (κ3) is 2.60. The van der Waals surface area contributed by atoms with Crippen molar-refractivity contribution in [1.82, 2.24) is 10.3 Å². The van der Waals surface area contributed by atoms with Crippen LogP contribution in [0.2, 0.25) is 0 Å². The summed E-state index contributed by atoms with van der Waals surface area (Å²) in [5, 5.41) is 4.95. The Morgan fingerprint density at radius 1 is 1.13 bits per heavy atom. The van der Waals surface area contributed by atoms with Gasteiger partial charge in [0.05, 0.1) is 13.2 Å². The van der Waals surface area contributed by atoms with Gasteiger partial charge in [-0.05, 0) is 48.2 Å². The molecule has 1 aromatic heterocycles. The van der Waals surface area contributed by atoms with Gasteiger partial charge in [-0.3, -0.25) is 0 Å². The normalized spacial score (nSPS) is 16.7. The van der Waals surface area contributed by atoms with E-state index in [0.717, 1.165) is 18.7 Å². The van der Waals surface area contributed by atoms with Crippen molar-refractivity contribution < 1.29 is 4.74 Å². The number of hydrogen-bond donors (Lipinski definition) is 2. The van der Waals surface area contributed by atoms with Crippen molar-refractivity contribution in [2.24, 2.45) is 0 Å². The number of H-pyrrole nitrogens is 1. The molecule has 0 amide bonds. The smallest absolute Gasteiger partial charge is 0.119 e. The van der Waals surface area contributed by atoms with Crippen LogP contribution in [-0.2, 0) is 6.42 Å². The average Bonchev–Trinajstić information content (AvgIpc) is 2.93. The van der Waals surface area contributed by atoms with Gasteiger partial charge in [0, 0.05) is 23.1 Å². The van der Waals surface area contributed by atoms with Gasteiger partial charge in [-0.2, -0.15) is 0 Å². The van der Waals surface area contributed by atoms with Crippen LogP contribution >= 0.6 is 12.4 Å². The third-order valence-electron chi connectivity index (χ3n) is 4.66. The fourth-order valence-electron chi connectivity index (χ4n) is 3.51. The topological polar surface area (TPSA) is 37.0 Å². The second kappa shape index (κ2) is 6.26. The first kappa shape index (κ1) is 15.9. The largest absolute Gasteiger partial charge is 0.497 e. The summed E-state index contributed by atoms with van der Waals surface area (Å²) in [5.74, 6) is 0.917. The van der Waals surface area contributed by atoms with E-state index in [1.807, 2.05) is 6.07 Å². The summed E-state index contributed by atoms with van der Waals surface area (Å²) in [7, 11) is 1.72. The molecule has 0 aliphatic carbocycles. The molecule has 0 radical (unpaired) electrons. The van der Waals surface area contributed by atoms with Gasteiger partial charge in [-0.25, -0.2) is 0 Å². The summed E-state index contributed by atoms with van der Waals surface area (Å²) in [6, 6.07) is 15.1. The van der Waals surface area contributed by atoms with E-state index in [0.29, 0.717) is 0 Å². The molecule has 23 heavy (non-hydrogen) atoms. The predicted molar refractivity (Wildman–Crippen MR) is 96.8 cm³/mol. The number of ether oxygens (including phenoxy) is 1. The zero-order valence-corrected chi connectivity index (χ0v) is 14.2. The van der Waals surface area contributed by atoms with Crippen molar-refractivity contribution in [3.63, 3.8) is 0 Å². The lowest BCUT2D eigenvalue weighted by Gasteiger charge is -2.26. The third-order valence-corrected chi connectivity index (χ3v) is 4.66. The van der Waals surface area contributed by atoms with Crippen LogP contribution in [0.15, 0.2) is 42.5 Å². The Bertz CT molecular complexity index is 841. The molecule has 0 spiro atoms. The standard InChI is InChI=1S/C19H20N2O.ClH/c1-12-5-3-4-6-14(12)18-19-15(9-10-20-18)16-11-13(22-2)7-8-17(16)21-19;/h3-8,11,18,20-21H,9-10H2,1-2H3;1H. The van der Waals surface area contributed by atoms with Gasteiger partial charge >= 0.3 is 0 Å². The monoisotopic (exact) mass is 328 g/mol. The molecule has 3 aromatic rings. The molecule has 2 N–H and O–H groups in total. The zero-order valence-electron chi connectivity index (χ0n) is 13.3. The van der Waals surface area contributed by atoms with Crippen LogP contribution in [0.4, 0.5) is 0 Å². The number of hydrogen-bond acceptors (Lipinski definition) is 2. The molecule has 2 heterocycles. The van der Waals surface area contributed by atoms with E-state index in [-0.39, 0.29) is 18.4 Å². The molecule has 0 fully saturated rings. The Hall–Kier alpha value is -1.97. The number of halogens is 1. The number of fused-ring (bicyclic) bond motifs is 3. The van der Waals surface area contributed by atoms with Gasteiger partial charge < -0.3 is 15.0 Å². The first-order valence-corrected chi connectivity index (χ1v) is 7.75. The Morgan fingerprint density at radius 3 is 2.74 bits per heavy atom. The van der Waals surface area contributed by atoms with Gasteiger partial charge in [0.2, 0.25) is 0 Å². The Kier molecular flexibility index (Phi) is 4.33. The summed E-state index contributed by atoms with van der Waals surface area (Å²) in [5.41, 5.74) is 6.57. The van der Waals surface area contributed by atoms with Crippen LogP contribution in [0.3, 0.4) is 0 Å². The molecule has 0 bridgehead atoms. The number of benzene rings is 2.